The third kappa shape index (κ3) is 3.61. The summed E-state index contributed by atoms with van der Waals surface area (Å²) >= 11 is 3.43. The van der Waals surface area contributed by atoms with Crippen LogP contribution in [0.1, 0.15) is 11.7 Å². The van der Waals surface area contributed by atoms with Gasteiger partial charge in [0.15, 0.2) is 11.9 Å². The zero-order valence-electron chi connectivity index (χ0n) is 11.5. The van der Waals surface area contributed by atoms with Crippen LogP contribution >= 0.6 is 15.9 Å². The van der Waals surface area contributed by atoms with Gasteiger partial charge in [0.25, 0.3) is 0 Å². The summed E-state index contributed by atoms with van der Waals surface area (Å²) < 4.78 is 12.8. The van der Waals surface area contributed by atoms with E-state index in [-0.39, 0.29) is 12.2 Å². The zero-order valence-corrected chi connectivity index (χ0v) is 13.1. The van der Waals surface area contributed by atoms with Crippen molar-refractivity contribution in [3.05, 3.63) is 58.8 Å². The van der Waals surface area contributed by atoms with Crippen LogP contribution < -0.4 is 10.1 Å². The van der Waals surface area contributed by atoms with E-state index in [9.17, 15) is 0 Å². The molecule has 1 aliphatic heterocycles. The minimum atomic E-state index is -0.167. The second-order valence-corrected chi connectivity index (χ2v) is 5.61. The van der Waals surface area contributed by atoms with Crippen LogP contribution in [0, 0.1) is 0 Å². The van der Waals surface area contributed by atoms with Gasteiger partial charge in [0.1, 0.15) is 10.7 Å². The minimum absolute atomic E-state index is 0.0201. The standard InChI is InChI=1S/C16H17BrN2O2/c17-16-13(7-4-8-19-16)21-15(12-5-2-1-3-6-12)14-11-18-9-10-20-14/h1-8,14-15,18H,9-11H2. The number of aromatic nitrogens is 1. The van der Waals surface area contributed by atoms with Gasteiger partial charge in [0.05, 0.1) is 6.61 Å². The van der Waals surface area contributed by atoms with E-state index in [4.69, 9.17) is 9.47 Å². The first-order chi connectivity index (χ1) is 10.3. The number of benzene rings is 1. The molecule has 0 spiro atoms. The highest BCUT2D eigenvalue weighted by molar-refractivity contribution is 9.10. The van der Waals surface area contributed by atoms with Crippen molar-refractivity contribution in [1.82, 2.24) is 10.3 Å². The number of ether oxygens (including phenoxy) is 2. The van der Waals surface area contributed by atoms with Crippen molar-refractivity contribution < 1.29 is 9.47 Å². The molecule has 1 aromatic carbocycles. The lowest BCUT2D eigenvalue weighted by atomic mass is 10.0. The molecule has 0 bridgehead atoms. The van der Waals surface area contributed by atoms with Gasteiger partial charge in [-0.05, 0) is 33.6 Å². The van der Waals surface area contributed by atoms with E-state index in [1.807, 2.05) is 30.3 Å². The third-order valence-electron chi connectivity index (χ3n) is 3.40. The Morgan fingerprint density at radius 1 is 1.24 bits per heavy atom. The molecular formula is C16H17BrN2O2. The predicted octanol–water partition coefficient (Wildman–Crippen LogP) is 2.95. The summed E-state index contributed by atoms with van der Waals surface area (Å²) in [5, 5.41) is 3.35. The van der Waals surface area contributed by atoms with Gasteiger partial charge in [-0.1, -0.05) is 30.3 Å². The van der Waals surface area contributed by atoms with Crippen molar-refractivity contribution in [1.29, 1.82) is 0 Å². The van der Waals surface area contributed by atoms with Crippen LogP contribution in [0.3, 0.4) is 0 Å². The maximum absolute atomic E-state index is 6.20. The Labute approximate surface area is 132 Å². The molecule has 0 saturated carbocycles. The highest BCUT2D eigenvalue weighted by Crippen LogP contribution is 2.30. The number of rotatable bonds is 4. The normalized spacial score (nSPS) is 20.0. The molecular weight excluding hydrogens is 332 g/mol. The van der Waals surface area contributed by atoms with Crippen LogP contribution in [0.4, 0.5) is 0 Å². The molecule has 1 N–H and O–H groups in total. The average Bonchev–Trinajstić information content (AvgIpc) is 2.56. The van der Waals surface area contributed by atoms with Gasteiger partial charge in [-0.15, -0.1) is 0 Å². The second-order valence-electron chi connectivity index (χ2n) is 4.85. The van der Waals surface area contributed by atoms with E-state index in [1.165, 1.54) is 0 Å². The fraction of sp³-hybridized carbons (Fsp3) is 0.312. The molecule has 2 atom stereocenters. The van der Waals surface area contributed by atoms with E-state index in [0.29, 0.717) is 11.2 Å². The Bertz CT molecular complexity index is 573. The van der Waals surface area contributed by atoms with Gasteiger partial charge >= 0.3 is 0 Å². The lowest BCUT2D eigenvalue weighted by Crippen LogP contribution is -2.43. The smallest absolute Gasteiger partial charge is 0.153 e. The lowest BCUT2D eigenvalue weighted by molar-refractivity contribution is -0.0435. The summed E-state index contributed by atoms with van der Waals surface area (Å²) in [4.78, 5) is 4.21. The third-order valence-corrected chi connectivity index (χ3v) is 4.00. The fourth-order valence-corrected chi connectivity index (χ4v) is 2.72. The van der Waals surface area contributed by atoms with Crippen molar-refractivity contribution in [2.75, 3.05) is 19.7 Å². The molecule has 2 unspecified atom stereocenters. The lowest BCUT2D eigenvalue weighted by Gasteiger charge is -2.31. The number of pyridine rings is 1. The monoisotopic (exact) mass is 348 g/mol. The summed E-state index contributed by atoms with van der Waals surface area (Å²) in [6, 6.07) is 13.9. The topological polar surface area (TPSA) is 43.4 Å². The number of hydrogen-bond donors (Lipinski definition) is 1. The Morgan fingerprint density at radius 2 is 2.10 bits per heavy atom. The summed E-state index contributed by atoms with van der Waals surface area (Å²) in [7, 11) is 0. The quantitative estimate of drug-likeness (QED) is 0.862. The first kappa shape index (κ1) is 14.5. The highest BCUT2D eigenvalue weighted by Gasteiger charge is 2.28. The second kappa shape index (κ2) is 7.02. The number of nitrogens with one attached hydrogen (secondary N) is 1. The molecule has 1 aromatic heterocycles. The molecule has 0 amide bonds. The van der Waals surface area contributed by atoms with Gasteiger partial charge < -0.3 is 14.8 Å². The first-order valence-corrected chi connectivity index (χ1v) is 7.78. The van der Waals surface area contributed by atoms with E-state index in [1.54, 1.807) is 6.20 Å². The molecule has 1 fully saturated rings. The summed E-state index contributed by atoms with van der Waals surface area (Å²) in [5.74, 6) is 0.723. The van der Waals surface area contributed by atoms with Gasteiger partial charge in [-0.25, -0.2) is 4.98 Å². The fourth-order valence-electron chi connectivity index (χ4n) is 2.38. The molecule has 0 aliphatic carbocycles. The molecule has 110 valence electrons. The number of halogens is 1. The van der Waals surface area contributed by atoms with E-state index >= 15 is 0 Å². The van der Waals surface area contributed by atoms with Crippen molar-refractivity contribution in [2.45, 2.75) is 12.2 Å². The molecule has 2 heterocycles. The molecule has 1 saturated heterocycles. The minimum Gasteiger partial charge on any atom is -0.480 e. The van der Waals surface area contributed by atoms with E-state index in [0.717, 1.165) is 24.4 Å². The predicted molar refractivity (Wildman–Crippen MR) is 84.4 cm³/mol. The van der Waals surface area contributed by atoms with Crippen molar-refractivity contribution in [3.63, 3.8) is 0 Å². The summed E-state index contributed by atoms with van der Waals surface area (Å²) in [6.45, 7) is 2.36. The molecule has 3 rings (SSSR count). The Morgan fingerprint density at radius 3 is 2.81 bits per heavy atom. The Hall–Kier alpha value is -1.43. The summed E-state index contributed by atoms with van der Waals surface area (Å²) in [6.07, 6.45) is 1.54. The maximum Gasteiger partial charge on any atom is 0.153 e. The Kier molecular flexibility index (Phi) is 4.85. The van der Waals surface area contributed by atoms with E-state index in [2.05, 4.69) is 38.4 Å². The average molecular weight is 349 g/mol. The molecule has 4 nitrogen and oxygen atoms in total. The highest BCUT2D eigenvalue weighted by atomic mass is 79.9. The molecule has 1 aliphatic rings. The van der Waals surface area contributed by atoms with Crippen LogP contribution in [-0.4, -0.2) is 30.8 Å². The van der Waals surface area contributed by atoms with Crippen LogP contribution in [-0.2, 0) is 4.74 Å². The largest absolute Gasteiger partial charge is 0.480 e. The van der Waals surface area contributed by atoms with Crippen molar-refractivity contribution in [3.8, 4) is 5.75 Å². The Balaban J connectivity index is 1.87. The van der Waals surface area contributed by atoms with Gasteiger partial charge in [0, 0.05) is 19.3 Å². The van der Waals surface area contributed by atoms with Gasteiger partial charge in [-0.2, -0.15) is 0 Å². The first-order valence-electron chi connectivity index (χ1n) is 6.99. The van der Waals surface area contributed by atoms with Crippen molar-refractivity contribution >= 4 is 15.9 Å². The van der Waals surface area contributed by atoms with Crippen LogP contribution in [0.5, 0.6) is 5.75 Å². The van der Waals surface area contributed by atoms with Crippen molar-refractivity contribution in [2.24, 2.45) is 0 Å². The molecule has 0 radical (unpaired) electrons. The number of morpholine rings is 1. The van der Waals surface area contributed by atoms with Crippen LogP contribution in [0.2, 0.25) is 0 Å². The van der Waals surface area contributed by atoms with E-state index < -0.39 is 0 Å². The number of nitrogens with zero attached hydrogens (tertiary/aromatic N) is 1. The zero-order chi connectivity index (χ0) is 14.5. The van der Waals surface area contributed by atoms with Crippen LogP contribution in [0.15, 0.2) is 53.3 Å². The van der Waals surface area contributed by atoms with Gasteiger partial charge in [-0.3, -0.25) is 0 Å². The van der Waals surface area contributed by atoms with Gasteiger partial charge in [0.2, 0.25) is 0 Å². The maximum atomic E-state index is 6.20. The van der Waals surface area contributed by atoms with Crippen LogP contribution in [0.25, 0.3) is 0 Å². The summed E-state index contributed by atoms with van der Waals surface area (Å²) in [5.41, 5.74) is 1.10. The SMILES string of the molecule is Brc1ncccc1OC(c1ccccc1)C1CNCCO1. The molecule has 21 heavy (non-hydrogen) atoms. The molecule has 2 aromatic rings. The molecule has 5 heteroatoms. The number of hydrogen-bond acceptors (Lipinski definition) is 4.